The Morgan fingerprint density at radius 2 is 1.81 bits per heavy atom. The van der Waals surface area contributed by atoms with Crippen molar-refractivity contribution in [1.29, 1.82) is 0 Å². The van der Waals surface area contributed by atoms with Crippen LogP contribution < -0.4 is 5.32 Å². The average Bonchev–Trinajstić information content (AvgIpc) is 2.44. The third-order valence-electron chi connectivity index (χ3n) is 4.09. The monoisotopic (exact) mass is 336 g/mol. The Hall–Kier alpha value is -0.680. The van der Waals surface area contributed by atoms with Gasteiger partial charge in [-0.1, -0.05) is 32.4 Å². The zero-order chi connectivity index (χ0) is 13.8. The first-order valence-corrected chi connectivity index (χ1v) is 7.10. The van der Waals surface area contributed by atoms with E-state index in [-0.39, 0.29) is 42.4 Å². The lowest BCUT2D eigenvalue weighted by atomic mass is 9.89. The second-order valence-electron chi connectivity index (χ2n) is 5.33. The van der Waals surface area contributed by atoms with Crippen LogP contribution in [-0.2, 0) is 0 Å². The third-order valence-corrected chi connectivity index (χ3v) is 4.09. The predicted molar refractivity (Wildman–Crippen MR) is 90.9 cm³/mol. The van der Waals surface area contributed by atoms with Gasteiger partial charge in [0.15, 0.2) is 11.5 Å². The maximum absolute atomic E-state index is 10.2. The van der Waals surface area contributed by atoms with E-state index >= 15 is 0 Å². The lowest BCUT2D eigenvalue weighted by molar-refractivity contribution is 0.126. The molecule has 0 bridgehead atoms. The third kappa shape index (κ3) is 4.65. The number of halogens is 2. The van der Waals surface area contributed by atoms with E-state index in [0.29, 0.717) is 5.92 Å². The summed E-state index contributed by atoms with van der Waals surface area (Å²) in [5.41, 5.74) is 0.844. The lowest BCUT2D eigenvalue weighted by Gasteiger charge is -2.38. The molecule has 1 saturated heterocycles. The average molecular weight is 337 g/mol. The number of nitrogens with zero attached hydrogens (tertiary/aromatic N) is 1. The summed E-state index contributed by atoms with van der Waals surface area (Å²) < 4.78 is 0. The zero-order valence-corrected chi connectivity index (χ0v) is 14.2. The molecule has 1 unspecified atom stereocenters. The molecule has 4 nitrogen and oxygen atoms in total. The van der Waals surface area contributed by atoms with Crippen molar-refractivity contribution in [3.8, 4) is 11.5 Å². The van der Waals surface area contributed by atoms with Gasteiger partial charge in [0.05, 0.1) is 0 Å². The van der Waals surface area contributed by atoms with Crippen LogP contribution in [0.25, 0.3) is 0 Å². The van der Waals surface area contributed by atoms with Crippen molar-refractivity contribution in [2.75, 3.05) is 26.2 Å². The molecule has 3 N–H and O–H groups in total. The molecular weight excluding hydrogens is 311 g/mol. The van der Waals surface area contributed by atoms with Crippen LogP contribution in [0.1, 0.15) is 31.9 Å². The quantitative estimate of drug-likeness (QED) is 0.740. The van der Waals surface area contributed by atoms with Gasteiger partial charge in [0.1, 0.15) is 0 Å². The molecule has 0 amide bonds. The molecule has 1 heterocycles. The van der Waals surface area contributed by atoms with Crippen molar-refractivity contribution in [2.45, 2.75) is 26.3 Å². The van der Waals surface area contributed by atoms with Crippen LogP contribution >= 0.6 is 24.8 Å². The highest BCUT2D eigenvalue weighted by molar-refractivity contribution is 5.85. The largest absolute Gasteiger partial charge is 0.504 e. The minimum atomic E-state index is -0.0269. The Balaban J connectivity index is 0.00000200. The van der Waals surface area contributed by atoms with Crippen LogP contribution in [0.2, 0.25) is 0 Å². The van der Waals surface area contributed by atoms with E-state index in [9.17, 15) is 10.2 Å². The van der Waals surface area contributed by atoms with Gasteiger partial charge in [-0.15, -0.1) is 24.8 Å². The zero-order valence-electron chi connectivity index (χ0n) is 12.6. The molecular formula is C15H26Cl2N2O2. The number of hydrogen-bond acceptors (Lipinski definition) is 4. The van der Waals surface area contributed by atoms with Crippen molar-refractivity contribution < 1.29 is 10.2 Å². The highest BCUT2D eigenvalue weighted by Gasteiger charge is 2.29. The van der Waals surface area contributed by atoms with E-state index in [2.05, 4.69) is 24.1 Å². The van der Waals surface area contributed by atoms with Crippen LogP contribution in [0.3, 0.4) is 0 Å². The van der Waals surface area contributed by atoms with Gasteiger partial charge in [-0.25, -0.2) is 0 Å². The molecule has 0 saturated carbocycles. The topological polar surface area (TPSA) is 55.7 Å². The Bertz CT molecular complexity index is 426. The van der Waals surface area contributed by atoms with Gasteiger partial charge in [0.2, 0.25) is 0 Å². The molecule has 1 aliphatic heterocycles. The molecule has 1 fully saturated rings. The molecule has 0 aliphatic carbocycles. The molecule has 0 spiro atoms. The number of phenolic OH excluding ortho intramolecular Hbond substituents is 2. The van der Waals surface area contributed by atoms with E-state index < -0.39 is 0 Å². The first-order valence-electron chi connectivity index (χ1n) is 7.10. The maximum Gasteiger partial charge on any atom is 0.162 e. The van der Waals surface area contributed by atoms with E-state index in [1.54, 1.807) is 0 Å². The first kappa shape index (κ1) is 20.3. The Labute approximate surface area is 139 Å². The van der Waals surface area contributed by atoms with E-state index in [0.717, 1.165) is 38.2 Å². The smallest absolute Gasteiger partial charge is 0.162 e. The fourth-order valence-corrected chi connectivity index (χ4v) is 2.83. The van der Waals surface area contributed by atoms with Gasteiger partial charge in [-0.2, -0.15) is 0 Å². The lowest BCUT2D eigenvalue weighted by Crippen LogP contribution is -2.46. The molecule has 2 rings (SSSR count). The van der Waals surface area contributed by atoms with Crippen LogP contribution in [-0.4, -0.2) is 41.3 Å². The predicted octanol–water partition coefficient (Wildman–Crippen LogP) is 2.93. The summed E-state index contributed by atoms with van der Waals surface area (Å²) in [6.45, 7) is 8.28. The fraction of sp³-hybridized carbons (Fsp3) is 0.600. The first-order chi connectivity index (χ1) is 9.15. The standard InChI is InChI=1S/C15H24N2O2.2ClH/c1-3-11(2)14(17-9-7-16-8-10-17)12-5-4-6-13(18)15(12)19;;/h4-6,11,14,16,18-19H,3,7-10H2,1-2H3;2*1H/t11?,14-;;/m0../s1. The Kier molecular flexibility index (Phi) is 9.06. The van der Waals surface area contributed by atoms with Crippen LogP contribution in [0.15, 0.2) is 18.2 Å². The molecule has 21 heavy (non-hydrogen) atoms. The van der Waals surface area contributed by atoms with Gasteiger partial charge >= 0.3 is 0 Å². The second-order valence-corrected chi connectivity index (χ2v) is 5.33. The molecule has 0 aromatic heterocycles. The van der Waals surface area contributed by atoms with E-state index in [4.69, 9.17) is 0 Å². The van der Waals surface area contributed by atoms with E-state index in [1.165, 1.54) is 6.07 Å². The SMILES string of the molecule is CCC(C)[C@@H](c1cccc(O)c1O)N1CCNCC1.Cl.Cl. The van der Waals surface area contributed by atoms with Crippen LogP contribution in [0.4, 0.5) is 0 Å². The minimum absolute atomic E-state index is 0. The summed E-state index contributed by atoms with van der Waals surface area (Å²) >= 11 is 0. The molecule has 1 aromatic carbocycles. The summed E-state index contributed by atoms with van der Waals surface area (Å²) in [4.78, 5) is 2.40. The van der Waals surface area contributed by atoms with Crippen molar-refractivity contribution in [3.63, 3.8) is 0 Å². The fourth-order valence-electron chi connectivity index (χ4n) is 2.83. The number of para-hydroxylation sites is 1. The number of hydrogen-bond donors (Lipinski definition) is 3. The number of rotatable bonds is 4. The Morgan fingerprint density at radius 3 is 2.38 bits per heavy atom. The van der Waals surface area contributed by atoms with Crippen LogP contribution in [0, 0.1) is 5.92 Å². The summed E-state index contributed by atoms with van der Waals surface area (Å²) in [6, 6.07) is 5.43. The Morgan fingerprint density at radius 1 is 1.19 bits per heavy atom. The maximum atomic E-state index is 10.2. The highest BCUT2D eigenvalue weighted by atomic mass is 35.5. The van der Waals surface area contributed by atoms with Crippen molar-refractivity contribution in [2.24, 2.45) is 5.92 Å². The normalized spacial score (nSPS) is 18.2. The molecule has 1 aromatic rings. The minimum Gasteiger partial charge on any atom is -0.504 e. The summed E-state index contributed by atoms with van der Waals surface area (Å²) in [5, 5.41) is 23.2. The van der Waals surface area contributed by atoms with Gasteiger partial charge in [0, 0.05) is 37.8 Å². The number of piperazine rings is 1. The molecule has 0 radical (unpaired) electrons. The molecule has 1 aliphatic rings. The number of benzene rings is 1. The summed E-state index contributed by atoms with van der Waals surface area (Å²) in [7, 11) is 0. The van der Waals surface area contributed by atoms with Gasteiger partial charge in [-0.05, 0) is 12.0 Å². The molecule has 6 heteroatoms. The molecule has 122 valence electrons. The second kappa shape index (κ2) is 9.36. The van der Waals surface area contributed by atoms with Gasteiger partial charge in [0.25, 0.3) is 0 Å². The van der Waals surface area contributed by atoms with E-state index in [1.807, 2.05) is 12.1 Å². The van der Waals surface area contributed by atoms with Crippen molar-refractivity contribution in [3.05, 3.63) is 23.8 Å². The number of aromatic hydroxyl groups is 2. The van der Waals surface area contributed by atoms with Crippen molar-refractivity contribution >= 4 is 24.8 Å². The van der Waals surface area contributed by atoms with Gasteiger partial charge in [-0.3, -0.25) is 4.90 Å². The van der Waals surface area contributed by atoms with Gasteiger partial charge < -0.3 is 15.5 Å². The number of nitrogens with one attached hydrogen (secondary N) is 1. The summed E-state index contributed by atoms with van der Waals surface area (Å²) in [6.07, 6.45) is 1.05. The number of phenols is 2. The van der Waals surface area contributed by atoms with Crippen LogP contribution in [0.5, 0.6) is 11.5 Å². The highest BCUT2D eigenvalue weighted by Crippen LogP contribution is 2.39. The van der Waals surface area contributed by atoms with Crippen molar-refractivity contribution in [1.82, 2.24) is 10.2 Å². The molecule has 2 atom stereocenters. The summed E-state index contributed by atoms with van der Waals surface area (Å²) in [5.74, 6) is 0.443.